The van der Waals surface area contributed by atoms with E-state index in [2.05, 4.69) is 16.5 Å². The van der Waals surface area contributed by atoms with Gasteiger partial charge in [0.25, 0.3) is 0 Å². The highest BCUT2D eigenvalue weighted by Crippen LogP contribution is 2.32. The lowest BCUT2D eigenvalue weighted by atomic mass is 9.98. The van der Waals surface area contributed by atoms with Gasteiger partial charge in [-0.05, 0) is 48.4 Å². The summed E-state index contributed by atoms with van der Waals surface area (Å²) in [5.41, 5.74) is 2.63. The van der Waals surface area contributed by atoms with Gasteiger partial charge < -0.3 is 4.65 Å². The Kier molecular flexibility index (Phi) is 7.89. The van der Waals surface area contributed by atoms with E-state index >= 15 is 0 Å². The van der Waals surface area contributed by atoms with Gasteiger partial charge in [-0.3, -0.25) is 10.5 Å². The van der Waals surface area contributed by atoms with Gasteiger partial charge in [-0.1, -0.05) is 51.5 Å². The van der Waals surface area contributed by atoms with Crippen LogP contribution in [0.2, 0.25) is 0 Å². The summed E-state index contributed by atoms with van der Waals surface area (Å²) in [6.45, 7) is 2.25. The highest BCUT2D eigenvalue weighted by molar-refractivity contribution is 6.36. The van der Waals surface area contributed by atoms with Crippen LogP contribution < -0.4 is 4.65 Å². The molecule has 2 N–H and O–H groups in total. The molecule has 1 aromatic carbocycles. The summed E-state index contributed by atoms with van der Waals surface area (Å²) < 4.78 is 5.16. The molecule has 0 aromatic heterocycles. The third kappa shape index (κ3) is 5.81. The van der Waals surface area contributed by atoms with E-state index in [1.165, 1.54) is 56.1 Å². The van der Waals surface area contributed by atoms with E-state index < -0.39 is 7.32 Å². The standard InChI is InChI=1S/C17H27BO5/c1-2-3-4-5-6-7-8-14-11-15-9-10-17(13-16(15)12-14)21-18(22-19)23-20/h9-10,13-14,19-20H,2-8,11-12H2,1H3. The van der Waals surface area contributed by atoms with Crippen molar-refractivity contribution in [2.24, 2.45) is 5.92 Å². The summed E-state index contributed by atoms with van der Waals surface area (Å²) in [6, 6.07) is 5.77. The van der Waals surface area contributed by atoms with Gasteiger partial charge in [0.1, 0.15) is 5.75 Å². The van der Waals surface area contributed by atoms with Crippen molar-refractivity contribution in [3.63, 3.8) is 0 Å². The molecular formula is C17H27BO5. The van der Waals surface area contributed by atoms with E-state index in [1.807, 2.05) is 12.1 Å². The van der Waals surface area contributed by atoms with Crippen molar-refractivity contribution in [2.75, 3.05) is 0 Å². The average molecular weight is 322 g/mol. The molecule has 0 amide bonds. The Morgan fingerprint density at radius 3 is 2.43 bits per heavy atom. The van der Waals surface area contributed by atoms with Gasteiger partial charge in [0.2, 0.25) is 0 Å². The van der Waals surface area contributed by atoms with Crippen molar-refractivity contribution < 1.29 is 24.8 Å². The van der Waals surface area contributed by atoms with E-state index in [9.17, 15) is 0 Å². The van der Waals surface area contributed by atoms with Crippen molar-refractivity contribution in [1.82, 2.24) is 0 Å². The number of fused-ring (bicyclic) bond motifs is 1. The molecule has 128 valence electrons. The first-order valence-corrected chi connectivity index (χ1v) is 8.65. The molecule has 1 aliphatic rings. The Labute approximate surface area is 138 Å². The number of hydrogen-bond donors (Lipinski definition) is 2. The van der Waals surface area contributed by atoms with E-state index in [4.69, 9.17) is 15.2 Å². The Balaban J connectivity index is 1.75. The smallest absolute Gasteiger partial charge is 0.509 e. The molecule has 1 aromatic rings. The molecule has 5 nitrogen and oxygen atoms in total. The number of hydrogen-bond acceptors (Lipinski definition) is 5. The van der Waals surface area contributed by atoms with Crippen LogP contribution in [0.4, 0.5) is 0 Å². The molecule has 1 unspecified atom stereocenters. The Hall–Kier alpha value is -1.08. The van der Waals surface area contributed by atoms with Crippen LogP contribution in [0.15, 0.2) is 18.2 Å². The zero-order chi connectivity index (χ0) is 16.5. The van der Waals surface area contributed by atoms with E-state index in [-0.39, 0.29) is 0 Å². The van der Waals surface area contributed by atoms with Crippen LogP contribution in [0.3, 0.4) is 0 Å². The third-order valence-corrected chi connectivity index (χ3v) is 4.57. The lowest BCUT2D eigenvalue weighted by Crippen LogP contribution is -2.27. The molecule has 2 rings (SSSR count). The van der Waals surface area contributed by atoms with Crippen LogP contribution in [-0.4, -0.2) is 17.8 Å². The zero-order valence-corrected chi connectivity index (χ0v) is 13.9. The first-order chi connectivity index (χ1) is 11.3. The molecule has 23 heavy (non-hydrogen) atoms. The number of benzene rings is 1. The molecule has 0 heterocycles. The molecular weight excluding hydrogens is 295 g/mol. The van der Waals surface area contributed by atoms with Gasteiger partial charge in [-0.2, -0.15) is 0 Å². The topological polar surface area (TPSA) is 68.2 Å². The molecule has 0 spiro atoms. The summed E-state index contributed by atoms with van der Waals surface area (Å²) in [5.74, 6) is 1.22. The molecule has 6 heteroatoms. The normalized spacial score (nSPS) is 16.4. The minimum Gasteiger partial charge on any atom is -0.509 e. The second-order valence-electron chi connectivity index (χ2n) is 6.38. The van der Waals surface area contributed by atoms with Crippen LogP contribution in [0.25, 0.3) is 0 Å². The van der Waals surface area contributed by atoms with Gasteiger partial charge in [0.05, 0.1) is 0 Å². The van der Waals surface area contributed by atoms with Crippen LogP contribution in [-0.2, 0) is 22.5 Å². The Bertz CT molecular complexity index is 464. The third-order valence-electron chi connectivity index (χ3n) is 4.57. The second kappa shape index (κ2) is 9.93. The molecule has 0 aliphatic heterocycles. The zero-order valence-electron chi connectivity index (χ0n) is 13.9. The van der Waals surface area contributed by atoms with Gasteiger partial charge in [-0.15, -0.1) is 0 Å². The lowest BCUT2D eigenvalue weighted by Gasteiger charge is -2.09. The summed E-state index contributed by atoms with van der Waals surface area (Å²) in [6.07, 6.45) is 11.5. The fourth-order valence-corrected chi connectivity index (χ4v) is 3.35. The first-order valence-electron chi connectivity index (χ1n) is 8.65. The lowest BCUT2D eigenvalue weighted by molar-refractivity contribution is -0.242. The fraction of sp³-hybridized carbons (Fsp3) is 0.647. The molecule has 0 saturated carbocycles. The summed E-state index contributed by atoms with van der Waals surface area (Å²) >= 11 is 0. The fourth-order valence-electron chi connectivity index (χ4n) is 3.35. The minimum atomic E-state index is -1.52. The number of unbranched alkanes of at least 4 members (excludes halogenated alkanes) is 5. The maximum atomic E-state index is 8.49. The summed E-state index contributed by atoms with van der Waals surface area (Å²) in [5, 5.41) is 17.0. The van der Waals surface area contributed by atoms with Gasteiger partial charge in [-0.25, -0.2) is 9.61 Å². The van der Waals surface area contributed by atoms with Gasteiger partial charge >= 0.3 is 7.32 Å². The molecule has 0 fully saturated rings. The van der Waals surface area contributed by atoms with Crippen molar-refractivity contribution in [2.45, 2.75) is 64.7 Å². The van der Waals surface area contributed by atoms with Crippen LogP contribution in [0.1, 0.15) is 63.0 Å². The molecule has 1 aliphatic carbocycles. The van der Waals surface area contributed by atoms with Crippen LogP contribution >= 0.6 is 0 Å². The first kappa shape index (κ1) is 18.3. The SMILES string of the molecule is CCCCCCCCC1Cc2ccc(OB(OO)OO)cc2C1. The second-order valence-corrected chi connectivity index (χ2v) is 6.38. The predicted molar refractivity (Wildman–Crippen MR) is 89.1 cm³/mol. The number of rotatable bonds is 11. The van der Waals surface area contributed by atoms with Crippen molar-refractivity contribution in [1.29, 1.82) is 0 Å². The summed E-state index contributed by atoms with van der Waals surface area (Å²) in [7, 11) is -1.52. The molecule has 0 radical (unpaired) electrons. The molecule has 1 atom stereocenters. The van der Waals surface area contributed by atoms with Crippen LogP contribution in [0, 0.1) is 5.92 Å². The molecule has 0 saturated heterocycles. The van der Waals surface area contributed by atoms with E-state index in [0.29, 0.717) is 11.7 Å². The maximum Gasteiger partial charge on any atom is 0.770 e. The van der Waals surface area contributed by atoms with E-state index in [1.54, 1.807) is 6.07 Å². The highest BCUT2D eigenvalue weighted by Gasteiger charge is 2.26. The maximum absolute atomic E-state index is 8.49. The quantitative estimate of drug-likeness (QED) is 0.272. The van der Waals surface area contributed by atoms with Crippen molar-refractivity contribution in [3.05, 3.63) is 29.3 Å². The Morgan fingerprint density at radius 2 is 1.70 bits per heavy atom. The Morgan fingerprint density at radius 1 is 1.00 bits per heavy atom. The summed E-state index contributed by atoms with van der Waals surface area (Å²) in [4.78, 5) is 7.69. The minimum absolute atomic E-state index is 0.511. The van der Waals surface area contributed by atoms with E-state index in [0.717, 1.165) is 12.8 Å². The predicted octanol–water partition coefficient (Wildman–Crippen LogP) is 4.49. The molecule has 0 bridgehead atoms. The average Bonchev–Trinajstić information content (AvgIpc) is 2.97. The van der Waals surface area contributed by atoms with Gasteiger partial charge in [0, 0.05) is 0 Å². The monoisotopic (exact) mass is 322 g/mol. The van der Waals surface area contributed by atoms with Crippen LogP contribution in [0.5, 0.6) is 5.75 Å². The van der Waals surface area contributed by atoms with Gasteiger partial charge in [0.15, 0.2) is 0 Å². The largest absolute Gasteiger partial charge is 0.770 e. The van der Waals surface area contributed by atoms with Crippen molar-refractivity contribution in [3.8, 4) is 5.75 Å². The highest BCUT2D eigenvalue weighted by atomic mass is 17.2. The van der Waals surface area contributed by atoms with Crippen molar-refractivity contribution >= 4 is 7.32 Å².